The number of rotatable bonds is 2. The monoisotopic (exact) mass is 258 g/mol. The lowest BCUT2D eigenvalue weighted by Crippen LogP contribution is -2.49. The van der Waals surface area contributed by atoms with Crippen molar-refractivity contribution in [2.24, 2.45) is 5.73 Å². The number of nitrogens with one attached hydrogen (secondary N) is 1. The molecular formula is C11H15ClN2OS. The smallest absolute Gasteiger partial charge is 0.263 e. The summed E-state index contributed by atoms with van der Waals surface area (Å²) in [6, 6.07) is 1.91. The zero-order valence-corrected chi connectivity index (χ0v) is 10.5. The molecule has 1 aliphatic carbocycles. The predicted molar refractivity (Wildman–Crippen MR) is 67.0 cm³/mol. The van der Waals surface area contributed by atoms with E-state index in [2.05, 4.69) is 5.32 Å². The van der Waals surface area contributed by atoms with E-state index in [-0.39, 0.29) is 18.0 Å². The Labute approximate surface area is 104 Å². The van der Waals surface area contributed by atoms with E-state index in [1.807, 2.05) is 5.38 Å². The van der Waals surface area contributed by atoms with Crippen molar-refractivity contribution in [2.45, 2.75) is 37.8 Å². The molecule has 1 heterocycles. The average molecular weight is 259 g/mol. The Morgan fingerprint density at radius 3 is 2.88 bits per heavy atom. The number of nitrogens with two attached hydrogens (primary N) is 1. The molecule has 0 bridgehead atoms. The molecule has 2 rings (SSSR count). The molecule has 1 aromatic heterocycles. The van der Waals surface area contributed by atoms with Crippen molar-refractivity contribution in [3.8, 4) is 0 Å². The van der Waals surface area contributed by atoms with Gasteiger partial charge in [-0.3, -0.25) is 4.79 Å². The van der Waals surface area contributed by atoms with E-state index in [4.69, 9.17) is 17.3 Å². The Morgan fingerprint density at radius 1 is 1.50 bits per heavy atom. The average Bonchev–Trinajstić information content (AvgIpc) is 2.68. The Kier molecular flexibility index (Phi) is 3.84. The molecule has 0 saturated heterocycles. The van der Waals surface area contributed by atoms with Crippen molar-refractivity contribution in [1.82, 2.24) is 5.32 Å². The first-order chi connectivity index (χ1) is 7.68. The van der Waals surface area contributed by atoms with Crippen LogP contribution in [0.5, 0.6) is 0 Å². The third-order valence-electron chi connectivity index (χ3n) is 2.96. The number of halogens is 1. The number of hydrogen-bond donors (Lipinski definition) is 2. The van der Waals surface area contributed by atoms with Gasteiger partial charge in [-0.15, -0.1) is 11.3 Å². The molecule has 1 aromatic rings. The third kappa shape index (κ3) is 2.56. The quantitative estimate of drug-likeness (QED) is 0.856. The van der Waals surface area contributed by atoms with E-state index in [1.165, 1.54) is 11.3 Å². The lowest BCUT2D eigenvalue weighted by atomic mass is 9.91. The molecule has 0 radical (unpaired) electrons. The maximum atomic E-state index is 11.9. The van der Waals surface area contributed by atoms with Crippen LogP contribution in [0.1, 0.15) is 35.4 Å². The first-order valence-corrected chi connectivity index (χ1v) is 6.73. The fraction of sp³-hybridized carbons (Fsp3) is 0.545. The second kappa shape index (κ2) is 5.17. The van der Waals surface area contributed by atoms with Crippen LogP contribution in [0, 0.1) is 0 Å². The number of carbonyl (C=O) groups excluding carboxylic acids is 1. The molecule has 88 valence electrons. The van der Waals surface area contributed by atoms with Gasteiger partial charge in [0.05, 0.1) is 5.02 Å². The van der Waals surface area contributed by atoms with Gasteiger partial charge in [0, 0.05) is 12.1 Å². The van der Waals surface area contributed by atoms with Crippen LogP contribution in [0.2, 0.25) is 5.02 Å². The minimum Gasteiger partial charge on any atom is -0.347 e. The highest BCUT2D eigenvalue weighted by molar-refractivity contribution is 7.12. The van der Waals surface area contributed by atoms with Crippen molar-refractivity contribution in [1.29, 1.82) is 0 Å². The van der Waals surface area contributed by atoms with Gasteiger partial charge in [-0.2, -0.15) is 0 Å². The van der Waals surface area contributed by atoms with Crippen LogP contribution in [0.4, 0.5) is 0 Å². The zero-order valence-electron chi connectivity index (χ0n) is 8.91. The standard InChI is InChI=1S/C11H15ClN2OS/c12-7-5-6-16-10(7)11(15)14-9-4-2-1-3-8(9)13/h5-6,8-9H,1-4,13H2,(H,14,15)/t8-,9-/m1/s1. The largest absolute Gasteiger partial charge is 0.347 e. The van der Waals surface area contributed by atoms with Crippen LogP contribution in [-0.4, -0.2) is 18.0 Å². The van der Waals surface area contributed by atoms with Crippen LogP contribution < -0.4 is 11.1 Å². The molecule has 1 amide bonds. The number of carbonyl (C=O) groups is 1. The van der Waals surface area contributed by atoms with Crippen LogP contribution >= 0.6 is 22.9 Å². The fourth-order valence-electron chi connectivity index (χ4n) is 2.03. The SMILES string of the molecule is N[C@@H]1CCCC[C@H]1NC(=O)c1sccc1Cl. The van der Waals surface area contributed by atoms with Gasteiger partial charge in [-0.25, -0.2) is 0 Å². The zero-order chi connectivity index (χ0) is 11.5. The first kappa shape index (κ1) is 11.9. The van der Waals surface area contributed by atoms with Crippen molar-refractivity contribution >= 4 is 28.8 Å². The fourth-order valence-corrected chi connectivity index (χ4v) is 3.07. The second-order valence-electron chi connectivity index (χ2n) is 4.13. The summed E-state index contributed by atoms with van der Waals surface area (Å²) < 4.78 is 0. The van der Waals surface area contributed by atoms with E-state index in [0.29, 0.717) is 9.90 Å². The highest BCUT2D eigenvalue weighted by Crippen LogP contribution is 2.23. The Hall–Kier alpha value is -0.580. The normalized spacial score (nSPS) is 25.4. The van der Waals surface area contributed by atoms with Crippen LogP contribution in [0.15, 0.2) is 11.4 Å². The van der Waals surface area contributed by atoms with Gasteiger partial charge in [0.2, 0.25) is 0 Å². The maximum Gasteiger partial charge on any atom is 0.263 e. The minimum atomic E-state index is -0.0950. The summed E-state index contributed by atoms with van der Waals surface area (Å²) in [4.78, 5) is 12.5. The van der Waals surface area contributed by atoms with Crippen molar-refractivity contribution < 1.29 is 4.79 Å². The van der Waals surface area contributed by atoms with Gasteiger partial charge in [0.15, 0.2) is 0 Å². The summed E-state index contributed by atoms with van der Waals surface area (Å²) in [5, 5.41) is 5.31. The molecule has 0 aliphatic heterocycles. The van der Waals surface area contributed by atoms with Gasteiger partial charge in [-0.05, 0) is 24.3 Å². The third-order valence-corrected chi connectivity index (χ3v) is 4.30. The molecule has 3 N–H and O–H groups in total. The molecule has 0 unspecified atom stereocenters. The van der Waals surface area contributed by atoms with Crippen molar-refractivity contribution in [2.75, 3.05) is 0 Å². The summed E-state index contributed by atoms with van der Waals surface area (Å²) in [5.41, 5.74) is 5.97. The molecule has 2 atom stereocenters. The summed E-state index contributed by atoms with van der Waals surface area (Å²) in [5.74, 6) is -0.0950. The molecule has 0 spiro atoms. The predicted octanol–water partition coefficient (Wildman–Crippen LogP) is 2.40. The summed E-state index contributed by atoms with van der Waals surface area (Å²) in [6.45, 7) is 0. The second-order valence-corrected chi connectivity index (χ2v) is 5.45. The van der Waals surface area contributed by atoms with Gasteiger partial charge >= 0.3 is 0 Å². The number of amides is 1. The Morgan fingerprint density at radius 2 is 2.25 bits per heavy atom. The summed E-state index contributed by atoms with van der Waals surface area (Å²) in [7, 11) is 0. The van der Waals surface area contributed by atoms with E-state index in [0.717, 1.165) is 25.7 Å². The van der Waals surface area contributed by atoms with Gasteiger partial charge in [-0.1, -0.05) is 24.4 Å². The van der Waals surface area contributed by atoms with E-state index in [9.17, 15) is 4.79 Å². The summed E-state index contributed by atoms with van der Waals surface area (Å²) in [6.07, 6.45) is 4.25. The molecule has 1 aliphatic rings. The molecule has 0 aromatic carbocycles. The minimum absolute atomic E-state index is 0.0800. The lowest BCUT2D eigenvalue weighted by Gasteiger charge is -2.29. The highest BCUT2D eigenvalue weighted by atomic mass is 35.5. The number of hydrogen-bond acceptors (Lipinski definition) is 3. The van der Waals surface area contributed by atoms with E-state index in [1.54, 1.807) is 6.07 Å². The molecule has 1 saturated carbocycles. The van der Waals surface area contributed by atoms with Gasteiger partial charge in [0.25, 0.3) is 5.91 Å². The lowest BCUT2D eigenvalue weighted by molar-refractivity contribution is 0.0925. The molecule has 5 heteroatoms. The molecule has 1 fully saturated rings. The van der Waals surface area contributed by atoms with Crippen LogP contribution in [-0.2, 0) is 0 Å². The van der Waals surface area contributed by atoms with Crippen molar-refractivity contribution in [3.05, 3.63) is 21.3 Å². The van der Waals surface area contributed by atoms with Crippen LogP contribution in [0.3, 0.4) is 0 Å². The Bertz CT molecular complexity index is 380. The highest BCUT2D eigenvalue weighted by Gasteiger charge is 2.24. The maximum absolute atomic E-state index is 11.9. The first-order valence-electron chi connectivity index (χ1n) is 5.48. The van der Waals surface area contributed by atoms with Crippen molar-refractivity contribution in [3.63, 3.8) is 0 Å². The molecule has 3 nitrogen and oxygen atoms in total. The van der Waals surface area contributed by atoms with E-state index >= 15 is 0 Å². The number of thiophene rings is 1. The molecule has 16 heavy (non-hydrogen) atoms. The van der Waals surface area contributed by atoms with Gasteiger partial charge in [0.1, 0.15) is 4.88 Å². The van der Waals surface area contributed by atoms with Gasteiger partial charge < -0.3 is 11.1 Å². The summed E-state index contributed by atoms with van der Waals surface area (Å²) >= 11 is 7.27. The van der Waals surface area contributed by atoms with Crippen LogP contribution in [0.25, 0.3) is 0 Å². The topological polar surface area (TPSA) is 55.1 Å². The molecular weight excluding hydrogens is 244 g/mol. The Balaban J connectivity index is 1.99. The van der Waals surface area contributed by atoms with E-state index < -0.39 is 0 Å².